The van der Waals surface area contributed by atoms with Gasteiger partial charge in [-0.2, -0.15) is 0 Å². The topological polar surface area (TPSA) is 17.8 Å². The summed E-state index contributed by atoms with van der Waals surface area (Å²) in [5, 5.41) is 0. The van der Waals surface area contributed by atoms with E-state index in [0.29, 0.717) is 0 Å². The van der Waals surface area contributed by atoms with Crippen LogP contribution in [-0.2, 0) is 13.0 Å². The molecule has 1 aliphatic rings. The molecule has 0 spiro atoms. The van der Waals surface area contributed by atoms with Gasteiger partial charge in [0.15, 0.2) is 0 Å². The molecular weight excluding hydrogens is 216 g/mol. The first-order valence-corrected chi connectivity index (χ1v) is 5.19. The lowest BCUT2D eigenvalue weighted by molar-refractivity contribution is 0.406. The van der Waals surface area contributed by atoms with Crippen LogP contribution in [0.25, 0.3) is 0 Å². The molecule has 0 saturated carbocycles. The van der Waals surface area contributed by atoms with Gasteiger partial charge in [-0.15, -0.1) is 0 Å². The Morgan fingerprint density at radius 3 is 3.08 bits per heavy atom. The summed E-state index contributed by atoms with van der Waals surface area (Å²) in [6.45, 7) is 5.47. The molecule has 2 nitrogen and oxygen atoms in total. The smallest absolute Gasteiger partial charge is 0.110 e. The van der Waals surface area contributed by atoms with Crippen LogP contribution in [-0.4, -0.2) is 9.55 Å². The second-order valence-electron chi connectivity index (χ2n) is 3.65. The number of rotatable bonds is 0. The molecule has 2 rings (SSSR count). The molecule has 0 radical (unpaired) electrons. The van der Waals surface area contributed by atoms with Crippen LogP contribution in [0.2, 0.25) is 0 Å². The lowest BCUT2D eigenvalue weighted by atomic mass is 10.0. The van der Waals surface area contributed by atoms with Gasteiger partial charge in [-0.25, -0.2) is 4.98 Å². The molecule has 0 saturated heterocycles. The number of halogens is 1. The fourth-order valence-electron chi connectivity index (χ4n) is 1.75. The molecule has 12 heavy (non-hydrogen) atoms. The Morgan fingerprint density at radius 2 is 2.33 bits per heavy atom. The molecular formula is C9H13BrN2. The fraction of sp³-hybridized carbons (Fsp3) is 0.667. The van der Waals surface area contributed by atoms with E-state index in [1.165, 1.54) is 16.8 Å². The van der Waals surface area contributed by atoms with E-state index in [4.69, 9.17) is 0 Å². The number of imidazole rings is 1. The number of hydrogen-bond donors (Lipinski definition) is 0. The number of aryl methyl sites for hydroxylation is 1. The molecule has 0 fully saturated rings. The molecule has 1 atom stereocenters. The Balaban J connectivity index is 2.43. The summed E-state index contributed by atoms with van der Waals surface area (Å²) in [6, 6.07) is 0. The monoisotopic (exact) mass is 228 g/mol. The number of nitrogens with zero attached hydrogens (tertiary/aromatic N) is 2. The first-order chi connectivity index (χ1) is 5.68. The zero-order chi connectivity index (χ0) is 8.72. The minimum Gasteiger partial charge on any atom is -0.323 e. The van der Waals surface area contributed by atoms with Crippen LogP contribution in [0, 0.1) is 12.8 Å². The van der Waals surface area contributed by atoms with Gasteiger partial charge in [0.25, 0.3) is 0 Å². The molecule has 1 aromatic heterocycles. The van der Waals surface area contributed by atoms with E-state index in [-0.39, 0.29) is 0 Å². The van der Waals surface area contributed by atoms with Crippen molar-refractivity contribution in [2.75, 3.05) is 0 Å². The Hall–Kier alpha value is -0.310. The number of hydrogen-bond acceptors (Lipinski definition) is 1. The van der Waals surface area contributed by atoms with Crippen LogP contribution in [0.5, 0.6) is 0 Å². The Bertz CT molecular complexity index is 304. The third kappa shape index (κ3) is 1.20. The lowest BCUT2D eigenvalue weighted by Crippen LogP contribution is -2.17. The van der Waals surface area contributed by atoms with E-state index >= 15 is 0 Å². The maximum Gasteiger partial charge on any atom is 0.110 e. The summed E-state index contributed by atoms with van der Waals surface area (Å²) < 4.78 is 3.46. The van der Waals surface area contributed by atoms with Gasteiger partial charge in [0.2, 0.25) is 0 Å². The summed E-state index contributed by atoms with van der Waals surface area (Å²) in [7, 11) is 0. The van der Waals surface area contributed by atoms with Crippen molar-refractivity contribution in [3.8, 4) is 0 Å². The molecule has 1 aromatic rings. The van der Waals surface area contributed by atoms with Crippen LogP contribution in [0.3, 0.4) is 0 Å². The van der Waals surface area contributed by atoms with E-state index in [0.717, 1.165) is 24.6 Å². The third-order valence-electron chi connectivity index (χ3n) is 2.52. The van der Waals surface area contributed by atoms with Gasteiger partial charge >= 0.3 is 0 Å². The van der Waals surface area contributed by atoms with Gasteiger partial charge < -0.3 is 4.57 Å². The molecule has 1 aliphatic heterocycles. The molecule has 3 heteroatoms. The van der Waals surface area contributed by atoms with Crippen molar-refractivity contribution in [2.24, 2.45) is 5.92 Å². The highest BCUT2D eigenvalue weighted by Gasteiger charge is 2.19. The van der Waals surface area contributed by atoms with Crippen molar-refractivity contribution in [3.05, 3.63) is 16.1 Å². The maximum atomic E-state index is 4.52. The summed E-state index contributed by atoms with van der Waals surface area (Å²) in [5.41, 5.74) is 1.12. The van der Waals surface area contributed by atoms with Crippen molar-refractivity contribution < 1.29 is 0 Å². The summed E-state index contributed by atoms with van der Waals surface area (Å²) in [4.78, 5) is 4.52. The highest BCUT2D eigenvalue weighted by atomic mass is 79.9. The van der Waals surface area contributed by atoms with Gasteiger partial charge in [0, 0.05) is 13.0 Å². The van der Waals surface area contributed by atoms with Crippen LogP contribution >= 0.6 is 15.9 Å². The van der Waals surface area contributed by atoms with E-state index in [1.807, 2.05) is 0 Å². The first kappa shape index (κ1) is 8.30. The van der Waals surface area contributed by atoms with Gasteiger partial charge in [-0.3, -0.25) is 0 Å². The van der Waals surface area contributed by atoms with Crippen molar-refractivity contribution in [2.45, 2.75) is 33.2 Å². The van der Waals surface area contributed by atoms with Crippen molar-refractivity contribution in [1.82, 2.24) is 9.55 Å². The molecule has 0 aromatic carbocycles. The fourth-order valence-corrected chi connectivity index (χ4v) is 2.23. The Kier molecular flexibility index (Phi) is 1.99. The third-order valence-corrected chi connectivity index (χ3v) is 3.52. The summed E-state index contributed by atoms with van der Waals surface area (Å²) in [5.74, 6) is 2.05. The second kappa shape index (κ2) is 2.87. The van der Waals surface area contributed by atoms with Gasteiger partial charge in [-0.05, 0) is 35.2 Å². The number of fused-ring (bicyclic) bond motifs is 1. The zero-order valence-corrected chi connectivity index (χ0v) is 9.06. The van der Waals surface area contributed by atoms with Crippen LogP contribution < -0.4 is 0 Å². The average Bonchev–Trinajstić information content (AvgIpc) is 2.28. The zero-order valence-electron chi connectivity index (χ0n) is 7.47. The van der Waals surface area contributed by atoms with E-state index < -0.39 is 0 Å². The minimum atomic E-state index is 0.797. The highest BCUT2D eigenvalue weighted by Crippen LogP contribution is 2.25. The highest BCUT2D eigenvalue weighted by molar-refractivity contribution is 9.10. The molecule has 1 unspecified atom stereocenters. The van der Waals surface area contributed by atoms with Gasteiger partial charge in [0.1, 0.15) is 10.4 Å². The molecule has 0 bridgehead atoms. The molecule has 2 heterocycles. The van der Waals surface area contributed by atoms with Crippen molar-refractivity contribution in [1.29, 1.82) is 0 Å². The predicted molar refractivity (Wildman–Crippen MR) is 52.1 cm³/mol. The summed E-state index contributed by atoms with van der Waals surface area (Å²) >= 11 is 3.56. The summed E-state index contributed by atoms with van der Waals surface area (Å²) in [6.07, 6.45) is 2.41. The molecule has 0 N–H and O–H groups in total. The predicted octanol–water partition coefficient (Wildman–Crippen LogP) is 2.54. The number of aromatic nitrogens is 2. The Labute approximate surface area is 81.1 Å². The van der Waals surface area contributed by atoms with E-state index in [9.17, 15) is 0 Å². The van der Waals surface area contributed by atoms with Crippen LogP contribution in [0.1, 0.15) is 24.9 Å². The maximum absolute atomic E-state index is 4.52. The SMILES string of the molecule is Cc1nc2n(c1Br)CCC(C)C2. The minimum absolute atomic E-state index is 0.797. The van der Waals surface area contributed by atoms with E-state index in [1.54, 1.807) is 0 Å². The normalized spacial score (nSPS) is 22.4. The average molecular weight is 229 g/mol. The van der Waals surface area contributed by atoms with Gasteiger partial charge in [0.05, 0.1) is 5.69 Å². The van der Waals surface area contributed by atoms with Crippen molar-refractivity contribution in [3.63, 3.8) is 0 Å². The molecule has 0 aliphatic carbocycles. The van der Waals surface area contributed by atoms with Crippen molar-refractivity contribution >= 4 is 15.9 Å². The first-order valence-electron chi connectivity index (χ1n) is 4.40. The molecule has 66 valence electrons. The Morgan fingerprint density at radius 1 is 1.58 bits per heavy atom. The van der Waals surface area contributed by atoms with Crippen LogP contribution in [0.4, 0.5) is 0 Å². The quantitative estimate of drug-likeness (QED) is 0.668. The largest absolute Gasteiger partial charge is 0.323 e. The van der Waals surface area contributed by atoms with E-state index in [2.05, 4.69) is 39.3 Å². The second-order valence-corrected chi connectivity index (χ2v) is 4.40. The van der Waals surface area contributed by atoms with Crippen LogP contribution in [0.15, 0.2) is 4.60 Å². The standard InChI is InChI=1S/C9H13BrN2/c1-6-3-4-12-8(5-6)11-7(2)9(12)10/h6H,3-5H2,1-2H3. The lowest BCUT2D eigenvalue weighted by Gasteiger charge is -2.19. The molecule has 0 amide bonds. The van der Waals surface area contributed by atoms with Gasteiger partial charge in [-0.1, -0.05) is 6.92 Å².